The second-order valence-corrected chi connectivity index (χ2v) is 11.2. The zero-order valence-corrected chi connectivity index (χ0v) is 20.6. The highest BCUT2D eigenvalue weighted by atomic mass is 19.1. The SMILES string of the molecule is O=C(Nc1ncn(Cc2ccc(F)cc2)n1)c1cn(-c2ccccc2)nc1C12CC3CC(CC(C3)C1)C2. The number of carbonyl (C=O) groups excluding carboxylic acids is 1. The summed E-state index contributed by atoms with van der Waals surface area (Å²) in [5, 5.41) is 12.4. The van der Waals surface area contributed by atoms with Gasteiger partial charge in [0.05, 0.1) is 23.5 Å². The minimum absolute atomic E-state index is 0.0309. The molecule has 4 saturated carbocycles. The van der Waals surface area contributed by atoms with Crippen molar-refractivity contribution >= 4 is 11.9 Å². The number of nitrogens with one attached hydrogen (secondary N) is 1. The van der Waals surface area contributed by atoms with Gasteiger partial charge in [0, 0.05) is 11.6 Å². The van der Waals surface area contributed by atoms with Crippen molar-refractivity contribution in [2.45, 2.75) is 50.5 Å². The summed E-state index contributed by atoms with van der Waals surface area (Å²) in [6.45, 7) is 0.438. The van der Waals surface area contributed by atoms with E-state index in [-0.39, 0.29) is 23.1 Å². The highest BCUT2D eigenvalue weighted by Gasteiger charge is 2.54. The summed E-state index contributed by atoms with van der Waals surface area (Å²) >= 11 is 0. The van der Waals surface area contributed by atoms with Crippen LogP contribution in [0.4, 0.5) is 10.3 Å². The molecule has 8 heteroatoms. The van der Waals surface area contributed by atoms with E-state index in [2.05, 4.69) is 15.4 Å². The number of anilines is 1. The first kappa shape index (κ1) is 22.4. The lowest BCUT2D eigenvalue weighted by Crippen LogP contribution is -2.49. The van der Waals surface area contributed by atoms with E-state index in [1.807, 2.05) is 41.2 Å². The largest absolute Gasteiger partial charge is 0.289 e. The molecule has 4 aliphatic rings. The lowest BCUT2D eigenvalue weighted by molar-refractivity contribution is -0.00765. The molecule has 0 radical (unpaired) electrons. The average Bonchev–Trinajstić information content (AvgIpc) is 3.53. The van der Waals surface area contributed by atoms with Crippen LogP contribution in [-0.4, -0.2) is 30.5 Å². The highest BCUT2D eigenvalue weighted by molar-refractivity contribution is 6.04. The van der Waals surface area contributed by atoms with Crippen LogP contribution < -0.4 is 5.32 Å². The van der Waals surface area contributed by atoms with Gasteiger partial charge in [-0.3, -0.25) is 10.1 Å². The fourth-order valence-electron chi connectivity index (χ4n) is 7.42. The molecular formula is C29H29FN6O. The average molecular weight is 497 g/mol. The third-order valence-electron chi connectivity index (χ3n) is 8.54. The molecule has 2 heterocycles. The van der Waals surface area contributed by atoms with Gasteiger partial charge in [0.1, 0.15) is 12.1 Å². The van der Waals surface area contributed by atoms with E-state index in [1.54, 1.807) is 23.1 Å². The van der Waals surface area contributed by atoms with Crippen molar-refractivity contribution in [2.24, 2.45) is 17.8 Å². The number of benzene rings is 2. The van der Waals surface area contributed by atoms with Gasteiger partial charge >= 0.3 is 0 Å². The number of rotatable bonds is 6. The number of halogens is 1. The summed E-state index contributed by atoms with van der Waals surface area (Å²) in [6, 6.07) is 16.2. The second-order valence-electron chi connectivity index (χ2n) is 11.2. The van der Waals surface area contributed by atoms with E-state index in [0.717, 1.165) is 54.0 Å². The Morgan fingerprint density at radius 1 is 0.946 bits per heavy atom. The lowest BCUT2D eigenvalue weighted by atomic mass is 9.48. The van der Waals surface area contributed by atoms with Crippen molar-refractivity contribution in [2.75, 3.05) is 5.32 Å². The third kappa shape index (κ3) is 4.14. The molecule has 0 spiro atoms. The van der Waals surface area contributed by atoms with Gasteiger partial charge < -0.3 is 0 Å². The third-order valence-corrected chi connectivity index (χ3v) is 8.54. The van der Waals surface area contributed by atoms with Crippen molar-refractivity contribution in [3.8, 4) is 5.69 Å². The Kier molecular flexibility index (Phi) is 5.23. The Hall–Kier alpha value is -3.81. The number of para-hydroxylation sites is 1. The van der Waals surface area contributed by atoms with E-state index in [9.17, 15) is 9.18 Å². The zero-order chi connectivity index (χ0) is 25.0. The molecule has 4 aromatic rings. The standard InChI is InChI=1S/C29H29FN6O/c30-23-8-6-19(7-9-23)16-35-18-31-28(34-35)32-27(37)25-17-36(24-4-2-1-3-5-24)33-26(25)29-13-20-10-21(14-29)12-22(11-20)15-29/h1-9,17-18,20-22H,10-16H2,(H,32,34,37). The summed E-state index contributed by atoms with van der Waals surface area (Å²) in [6.07, 6.45) is 10.8. The molecule has 37 heavy (non-hydrogen) atoms. The number of carbonyl (C=O) groups is 1. The predicted molar refractivity (Wildman–Crippen MR) is 137 cm³/mol. The van der Waals surface area contributed by atoms with Crippen LogP contribution in [-0.2, 0) is 12.0 Å². The predicted octanol–water partition coefficient (Wildman–Crippen LogP) is 5.37. The van der Waals surface area contributed by atoms with Gasteiger partial charge in [-0.25, -0.2) is 18.7 Å². The van der Waals surface area contributed by atoms with Crippen LogP contribution in [0.3, 0.4) is 0 Å². The summed E-state index contributed by atoms with van der Waals surface area (Å²) < 4.78 is 16.7. The van der Waals surface area contributed by atoms with Crippen molar-refractivity contribution < 1.29 is 9.18 Å². The van der Waals surface area contributed by atoms with Gasteiger partial charge in [0.15, 0.2) is 0 Å². The minimum Gasteiger partial charge on any atom is -0.289 e. The maximum atomic E-state index is 13.7. The molecule has 2 aromatic carbocycles. The smallest absolute Gasteiger partial charge is 0.261 e. The number of amides is 1. The van der Waals surface area contributed by atoms with Crippen molar-refractivity contribution in [3.63, 3.8) is 0 Å². The van der Waals surface area contributed by atoms with Gasteiger partial charge in [0.2, 0.25) is 5.95 Å². The summed E-state index contributed by atoms with van der Waals surface area (Å²) in [5.74, 6) is 1.97. The maximum absolute atomic E-state index is 13.7. The molecular weight excluding hydrogens is 467 g/mol. The first-order valence-corrected chi connectivity index (χ1v) is 13.1. The molecule has 4 fully saturated rings. The van der Waals surface area contributed by atoms with E-state index in [0.29, 0.717) is 12.1 Å². The highest BCUT2D eigenvalue weighted by Crippen LogP contribution is 2.60. The van der Waals surface area contributed by atoms with E-state index < -0.39 is 0 Å². The Labute approximate surface area is 214 Å². The van der Waals surface area contributed by atoms with Crippen LogP contribution in [0.25, 0.3) is 5.69 Å². The van der Waals surface area contributed by atoms with Crippen molar-refractivity contribution in [3.05, 3.63) is 89.8 Å². The Bertz CT molecular complexity index is 1410. The lowest BCUT2D eigenvalue weighted by Gasteiger charge is -2.56. The quantitative estimate of drug-likeness (QED) is 0.389. The van der Waals surface area contributed by atoms with Crippen LogP contribution in [0, 0.1) is 23.6 Å². The second kappa shape index (κ2) is 8.64. The summed E-state index contributed by atoms with van der Waals surface area (Å²) in [4.78, 5) is 18.0. The fraction of sp³-hybridized carbons (Fsp3) is 0.379. The molecule has 4 bridgehead atoms. The zero-order valence-electron chi connectivity index (χ0n) is 20.6. The Balaban J connectivity index is 1.19. The molecule has 1 amide bonds. The van der Waals surface area contributed by atoms with Crippen molar-refractivity contribution in [1.82, 2.24) is 24.5 Å². The summed E-state index contributed by atoms with van der Waals surface area (Å²) in [7, 11) is 0. The Morgan fingerprint density at radius 2 is 1.62 bits per heavy atom. The molecule has 0 unspecified atom stereocenters. The van der Waals surface area contributed by atoms with Crippen LogP contribution in [0.1, 0.15) is 60.1 Å². The normalized spacial score (nSPS) is 25.9. The first-order chi connectivity index (χ1) is 18.0. The van der Waals surface area contributed by atoms with E-state index in [1.165, 1.54) is 31.4 Å². The topological polar surface area (TPSA) is 77.6 Å². The van der Waals surface area contributed by atoms with Crippen LogP contribution in [0.15, 0.2) is 67.1 Å². The number of hydrogen-bond donors (Lipinski definition) is 1. The number of nitrogens with zero attached hydrogens (tertiary/aromatic N) is 5. The van der Waals surface area contributed by atoms with Crippen LogP contribution in [0.5, 0.6) is 0 Å². The molecule has 1 N–H and O–H groups in total. The van der Waals surface area contributed by atoms with Gasteiger partial charge in [-0.2, -0.15) is 5.10 Å². The molecule has 7 nitrogen and oxygen atoms in total. The van der Waals surface area contributed by atoms with Crippen molar-refractivity contribution in [1.29, 1.82) is 0 Å². The monoisotopic (exact) mass is 496 g/mol. The maximum Gasteiger partial charge on any atom is 0.261 e. The van der Waals surface area contributed by atoms with Gasteiger partial charge in [-0.15, -0.1) is 5.10 Å². The number of hydrogen-bond acceptors (Lipinski definition) is 4. The minimum atomic E-state index is -0.277. The fourth-order valence-corrected chi connectivity index (χ4v) is 7.42. The molecule has 0 saturated heterocycles. The first-order valence-electron chi connectivity index (χ1n) is 13.1. The molecule has 2 aromatic heterocycles. The molecule has 0 aliphatic heterocycles. The van der Waals surface area contributed by atoms with E-state index >= 15 is 0 Å². The van der Waals surface area contributed by atoms with E-state index in [4.69, 9.17) is 5.10 Å². The summed E-state index contributed by atoms with van der Waals surface area (Å²) in [5.41, 5.74) is 3.35. The van der Waals surface area contributed by atoms with Gasteiger partial charge in [0.25, 0.3) is 5.91 Å². The number of aromatic nitrogens is 5. The molecule has 4 aliphatic carbocycles. The molecule has 8 rings (SSSR count). The van der Waals surface area contributed by atoms with Gasteiger partial charge in [-0.1, -0.05) is 30.3 Å². The molecule has 0 atom stereocenters. The van der Waals surface area contributed by atoms with Crippen LogP contribution in [0.2, 0.25) is 0 Å². The Morgan fingerprint density at radius 3 is 2.30 bits per heavy atom. The van der Waals surface area contributed by atoms with Gasteiger partial charge in [-0.05, 0) is 86.1 Å². The molecule has 188 valence electrons. The van der Waals surface area contributed by atoms with Crippen LogP contribution >= 0.6 is 0 Å².